The molecule has 1 saturated heterocycles. The van der Waals surface area contributed by atoms with Gasteiger partial charge in [-0.2, -0.15) is 0 Å². The molecule has 2 N–H and O–H groups in total. The summed E-state index contributed by atoms with van der Waals surface area (Å²) in [6.07, 6.45) is 3.53. The lowest BCUT2D eigenvalue weighted by molar-refractivity contribution is -0.163. The maximum absolute atomic E-state index is 12.4. The van der Waals surface area contributed by atoms with Crippen LogP contribution in [0.2, 0.25) is 0 Å². The van der Waals surface area contributed by atoms with Gasteiger partial charge in [0.15, 0.2) is 0 Å². The van der Waals surface area contributed by atoms with Crippen LogP contribution >= 0.6 is 23.5 Å². The molecule has 1 aromatic rings. The molecular formula is C18H22N2O4S2. The Morgan fingerprint density at radius 2 is 2.23 bits per heavy atom. The maximum Gasteiger partial charge on any atom is 0.353 e. The molecule has 0 aromatic carbocycles. The van der Waals surface area contributed by atoms with Crippen molar-refractivity contribution in [3.05, 3.63) is 40.7 Å². The van der Waals surface area contributed by atoms with Crippen LogP contribution < -0.4 is 0 Å². The zero-order valence-electron chi connectivity index (χ0n) is 14.7. The minimum atomic E-state index is -1.07. The van der Waals surface area contributed by atoms with Crippen LogP contribution in [0, 0.1) is 11.8 Å². The van der Waals surface area contributed by atoms with Crippen LogP contribution in [-0.4, -0.2) is 49.2 Å². The highest BCUT2D eigenvalue weighted by Crippen LogP contribution is 2.52. The molecule has 8 heteroatoms. The fraction of sp³-hybridized carbons (Fsp3) is 0.500. The quantitative estimate of drug-likeness (QED) is 0.398. The monoisotopic (exact) mass is 394 g/mol. The summed E-state index contributed by atoms with van der Waals surface area (Å²) in [5.41, 5.74) is 1.23. The van der Waals surface area contributed by atoms with E-state index in [9.17, 15) is 19.8 Å². The zero-order chi connectivity index (χ0) is 18.8. The molecule has 2 aliphatic heterocycles. The molecule has 1 fully saturated rings. The van der Waals surface area contributed by atoms with E-state index < -0.39 is 18.0 Å². The average Bonchev–Trinajstić information content (AvgIpc) is 2.89. The van der Waals surface area contributed by atoms with Crippen molar-refractivity contribution in [1.29, 1.82) is 0 Å². The fourth-order valence-electron chi connectivity index (χ4n) is 3.72. The SMILES string of the molecule is CC[C@H]1C(SCSCc2cccnc2)=C(C(=O)O)N2C(=O)[C@H]([C@@H](C)O)[C@@H]12. The Morgan fingerprint density at radius 3 is 2.81 bits per heavy atom. The molecule has 2 aliphatic rings. The van der Waals surface area contributed by atoms with Gasteiger partial charge in [-0.3, -0.25) is 9.78 Å². The smallest absolute Gasteiger partial charge is 0.353 e. The normalized spacial score (nSPS) is 25.9. The van der Waals surface area contributed by atoms with Crippen molar-refractivity contribution in [3.63, 3.8) is 0 Å². The molecule has 3 heterocycles. The molecule has 26 heavy (non-hydrogen) atoms. The van der Waals surface area contributed by atoms with E-state index >= 15 is 0 Å². The Hall–Kier alpha value is -1.51. The van der Waals surface area contributed by atoms with Crippen molar-refractivity contribution >= 4 is 35.4 Å². The highest BCUT2D eigenvalue weighted by atomic mass is 32.2. The van der Waals surface area contributed by atoms with Gasteiger partial charge in [0.05, 0.1) is 18.1 Å². The van der Waals surface area contributed by atoms with Gasteiger partial charge in [0, 0.05) is 34.1 Å². The van der Waals surface area contributed by atoms with Gasteiger partial charge in [-0.25, -0.2) is 4.79 Å². The summed E-state index contributed by atoms with van der Waals surface area (Å²) >= 11 is 3.19. The Morgan fingerprint density at radius 1 is 1.46 bits per heavy atom. The molecule has 6 nitrogen and oxygen atoms in total. The largest absolute Gasteiger partial charge is 0.477 e. The first kappa shape index (κ1) is 19.3. The number of aliphatic hydroxyl groups is 1. The Kier molecular flexibility index (Phi) is 5.94. The number of thioether (sulfide) groups is 2. The van der Waals surface area contributed by atoms with Gasteiger partial charge < -0.3 is 15.1 Å². The molecule has 0 bridgehead atoms. The number of carbonyl (C=O) groups is 2. The third-order valence-corrected chi connectivity index (χ3v) is 7.35. The van der Waals surface area contributed by atoms with Crippen molar-refractivity contribution in [2.45, 2.75) is 38.2 Å². The number of aliphatic hydroxyl groups excluding tert-OH is 1. The van der Waals surface area contributed by atoms with Gasteiger partial charge >= 0.3 is 5.97 Å². The number of fused-ring (bicyclic) bond motifs is 1. The second kappa shape index (κ2) is 8.02. The first-order valence-electron chi connectivity index (χ1n) is 8.55. The molecule has 4 atom stereocenters. The van der Waals surface area contributed by atoms with Crippen LogP contribution in [0.4, 0.5) is 0 Å². The lowest BCUT2D eigenvalue weighted by atomic mass is 9.77. The number of aromatic nitrogens is 1. The number of β-lactam (4-membered cyclic amide) rings is 1. The molecule has 0 spiro atoms. The van der Waals surface area contributed by atoms with Crippen molar-refractivity contribution in [1.82, 2.24) is 9.88 Å². The van der Waals surface area contributed by atoms with Crippen LogP contribution in [0.1, 0.15) is 25.8 Å². The van der Waals surface area contributed by atoms with Gasteiger partial charge in [0.25, 0.3) is 0 Å². The number of nitrogens with zero attached hydrogens (tertiary/aromatic N) is 2. The molecular weight excluding hydrogens is 372 g/mol. The topological polar surface area (TPSA) is 90.7 Å². The molecule has 0 radical (unpaired) electrons. The fourth-order valence-corrected chi connectivity index (χ4v) is 6.15. The maximum atomic E-state index is 12.4. The minimum Gasteiger partial charge on any atom is -0.477 e. The molecule has 3 rings (SSSR count). The summed E-state index contributed by atoms with van der Waals surface area (Å²) < 4.78 is 0. The van der Waals surface area contributed by atoms with E-state index in [0.717, 1.165) is 22.6 Å². The number of carboxylic acid groups (broad SMARTS) is 1. The highest BCUT2D eigenvalue weighted by molar-refractivity contribution is 8.17. The van der Waals surface area contributed by atoms with Crippen molar-refractivity contribution < 1.29 is 19.8 Å². The Labute approximate surface area is 161 Å². The lowest BCUT2D eigenvalue weighted by Gasteiger charge is -2.46. The number of carbonyl (C=O) groups excluding carboxylic acids is 1. The Bertz CT molecular complexity index is 723. The summed E-state index contributed by atoms with van der Waals surface area (Å²) in [6.45, 7) is 3.60. The highest BCUT2D eigenvalue weighted by Gasteiger charge is 2.60. The summed E-state index contributed by atoms with van der Waals surface area (Å²) in [7, 11) is 0. The van der Waals surface area contributed by atoms with Crippen molar-refractivity contribution in [3.8, 4) is 0 Å². The van der Waals surface area contributed by atoms with E-state index in [4.69, 9.17) is 0 Å². The number of amides is 1. The van der Waals surface area contributed by atoms with E-state index in [0.29, 0.717) is 5.08 Å². The van der Waals surface area contributed by atoms with Crippen LogP contribution in [-0.2, 0) is 15.3 Å². The predicted molar refractivity (Wildman–Crippen MR) is 102 cm³/mol. The van der Waals surface area contributed by atoms with E-state index in [1.807, 2.05) is 25.3 Å². The van der Waals surface area contributed by atoms with E-state index in [1.165, 1.54) is 16.7 Å². The number of hydrogen-bond acceptors (Lipinski definition) is 6. The first-order valence-corrected chi connectivity index (χ1v) is 10.7. The summed E-state index contributed by atoms with van der Waals surface area (Å²) in [5.74, 6) is -1.07. The molecule has 140 valence electrons. The lowest BCUT2D eigenvalue weighted by Crippen LogP contribution is -2.63. The zero-order valence-corrected chi connectivity index (χ0v) is 16.3. The van der Waals surface area contributed by atoms with Crippen LogP contribution in [0.3, 0.4) is 0 Å². The number of pyridine rings is 1. The van der Waals surface area contributed by atoms with Crippen LogP contribution in [0.25, 0.3) is 0 Å². The van der Waals surface area contributed by atoms with Crippen molar-refractivity contribution in [2.75, 3.05) is 5.08 Å². The molecule has 0 unspecified atom stereocenters. The van der Waals surface area contributed by atoms with E-state index in [2.05, 4.69) is 4.98 Å². The Balaban J connectivity index is 1.71. The van der Waals surface area contributed by atoms with E-state index in [-0.39, 0.29) is 23.6 Å². The second-order valence-corrected chi connectivity index (χ2v) is 8.84. The molecule has 1 amide bonds. The second-order valence-electron chi connectivity index (χ2n) is 6.47. The standard InChI is InChI=1S/C18H22N2O4S2/c1-3-12-14-13(10(2)21)17(22)20(14)15(18(23)24)16(12)26-9-25-8-11-5-4-6-19-7-11/h4-7,10,12-14,21H,3,8-9H2,1-2H3,(H,23,24)/t10-,12-,13-,14-/m1/s1. The van der Waals surface area contributed by atoms with E-state index in [1.54, 1.807) is 24.9 Å². The summed E-state index contributed by atoms with van der Waals surface area (Å²) in [6, 6.07) is 3.67. The average molecular weight is 395 g/mol. The van der Waals surface area contributed by atoms with Crippen molar-refractivity contribution in [2.24, 2.45) is 11.8 Å². The summed E-state index contributed by atoms with van der Waals surface area (Å²) in [5, 5.41) is 20.3. The number of aliphatic carboxylic acids is 1. The molecule has 0 aliphatic carbocycles. The van der Waals surface area contributed by atoms with Gasteiger partial charge in [0.1, 0.15) is 5.70 Å². The number of carboxylic acids is 1. The third kappa shape index (κ3) is 3.37. The van der Waals surface area contributed by atoms with Gasteiger partial charge in [0.2, 0.25) is 5.91 Å². The third-order valence-electron chi connectivity index (χ3n) is 4.86. The number of rotatable bonds is 8. The van der Waals surface area contributed by atoms with Gasteiger partial charge in [-0.05, 0) is 25.0 Å². The number of hydrogen-bond donors (Lipinski definition) is 2. The molecule has 1 aromatic heterocycles. The summed E-state index contributed by atoms with van der Waals surface area (Å²) in [4.78, 5) is 30.4. The first-order chi connectivity index (χ1) is 12.5. The predicted octanol–water partition coefficient (Wildman–Crippen LogP) is 2.55. The van der Waals surface area contributed by atoms with Gasteiger partial charge in [-0.15, -0.1) is 23.5 Å². The van der Waals surface area contributed by atoms with Crippen LogP contribution in [0.15, 0.2) is 35.1 Å². The van der Waals surface area contributed by atoms with Gasteiger partial charge in [-0.1, -0.05) is 13.0 Å². The molecule has 0 saturated carbocycles. The van der Waals surface area contributed by atoms with Crippen LogP contribution in [0.5, 0.6) is 0 Å². The minimum absolute atomic E-state index is 0.0256.